The lowest BCUT2D eigenvalue weighted by molar-refractivity contribution is -0.150. The molecule has 35 heavy (non-hydrogen) atoms. The zero-order chi connectivity index (χ0) is 25.3. The third kappa shape index (κ3) is 4.50. The molecule has 3 amide bonds. The molecule has 0 aromatic carbocycles. The van der Waals surface area contributed by atoms with E-state index in [0.29, 0.717) is 5.57 Å². The third-order valence-electron chi connectivity index (χ3n) is 4.98. The number of carbonyl (C=O) groups is 4. The van der Waals surface area contributed by atoms with Crippen molar-refractivity contribution in [1.29, 1.82) is 5.26 Å². The van der Waals surface area contributed by atoms with Crippen LogP contribution in [-0.4, -0.2) is 79.5 Å². The minimum absolute atomic E-state index is 0.117. The lowest BCUT2D eigenvalue weighted by atomic mass is 10.0. The van der Waals surface area contributed by atoms with E-state index in [9.17, 15) is 24.3 Å². The highest BCUT2D eigenvalue weighted by molar-refractivity contribution is 8.00. The largest absolute Gasteiger partial charge is 0.477 e. The van der Waals surface area contributed by atoms with Gasteiger partial charge in [-0.1, -0.05) is 5.16 Å². The SMILES string of the molecule is CO/N=C(\C(=O)N[C@@H]1C(=O)N2C(C(=O)O)=C(CN3SNC=C(C#N)C3=O)CS[C@H]12)c1csc(N)n1. The number of thiazole rings is 1. The van der Waals surface area contributed by atoms with Crippen LogP contribution in [0.4, 0.5) is 5.13 Å². The molecular weight excluding hydrogens is 520 g/mol. The molecule has 1 saturated heterocycles. The highest BCUT2D eigenvalue weighted by Gasteiger charge is 2.54. The van der Waals surface area contributed by atoms with E-state index in [1.54, 1.807) is 6.07 Å². The quantitative estimate of drug-likeness (QED) is 0.147. The summed E-state index contributed by atoms with van der Waals surface area (Å²) in [5.74, 6) is -3.11. The van der Waals surface area contributed by atoms with Crippen LogP contribution >= 0.6 is 35.2 Å². The topological polar surface area (TPSA) is 203 Å². The fourth-order valence-electron chi connectivity index (χ4n) is 3.45. The Kier molecular flexibility index (Phi) is 6.86. The average molecular weight is 537 g/mol. The average Bonchev–Trinajstić information content (AvgIpc) is 3.27. The Balaban J connectivity index is 1.52. The summed E-state index contributed by atoms with van der Waals surface area (Å²) in [4.78, 5) is 60.0. The number of oxime groups is 1. The maximum absolute atomic E-state index is 12.9. The number of nitrogens with zero attached hydrogens (tertiary/aromatic N) is 5. The van der Waals surface area contributed by atoms with Crippen molar-refractivity contribution in [2.24, 2.45) is 5.16 Å². The first-order valence-corrected chi connectivity index (χ1v) is 12.3. The van der Waals surface area contributed by atoms with Gasteiger partial charge in [-0.15, -0.1) is 23.1 Å². The van der Waals surface area contributed by atoms with Crippen molar-refractivity contribution >= 4 is 69.8 Å². The van der Waals surface area contributed by atoms with Crippen LogP contribution in [0, 0.1) is 11.3 Å². The van der Waals surface area contributed by atoms with Gasteiger partial charge in [0.25, 0.3) is 17.7 Å². The fourth-order valence-corrected chi connectivity index (χ4v) is 6.03. The number of fused-ring (bicyclic) bond motifs is 1. The number of carboxylic acids is 1. The highest BCUT2D eigenvalue weighted by Crippen LogP contribution is 2.41. The second kappa shape index (κ2) is 9.85. The lowest BCUT2D eigenvalue weighted by Gasteiger charge is -2.49. The van der Waals surface area contributed by atoms with Crippen molar-refractivity contribution in [3.05, 3.63) is 34.1 Å². The molecule has 0 saturated carbocycles. The Morgan fingerprint density at radius 1 is 1.49 bits per heavy atom. The normalized spacial score (nSPS) is 21.9. The molecule has 3 aliphatic rings. The van der Waals surface area contributed by atoms with Gasteiger partial charge in [0, 0.05) is 17.3 Å². The molecule has 3 aliphatic heterocycles. The molecule has 2 atom stereocenters. The van der Waals surface area contributed by atoms with E-state index in [4.69, 9.17) is 15.8 Å². The van der Waals surface area contributed by atoms with Gasteiger partial charge in [-0.3, -0.25) is 23.6 Å². The smallest absolute Gasteiger partial charge is 0.352 e. The van der Waals surface area contributed by atoms with Crippen molar-refractivity contribution in [3.63, 3.8) is 0 Å². The Morgan fingerprint density at radius 3 is 2.89 bits per heavy atom. The number of aromatic nitrogens is 1. The van der Waals surface area contributed by atoms with Gasteiger partial charge in [-0.05, 0) is 5.57 Å². The number of anilines is 1. The molecule has 182 valence electrons. The summed E-state index contributed by atoms with van der Waals surface area (Å²) in [6.45, 7) is -0.117. The highest BCUT2D eigenvalue weighted by atomic mass is 32.2. The van der Waals surface area contributed by atoms with Gasteiger partial charge in [0.15, 0.2) is 10.8 Å². The Bertz CT molecular complexity index is 1250. The number of carbonyl (C=O) groups excluding carboxylic acids is 3. The second-order valence-electron chi connectivity index (χ2n) is 7.03. The number of β-lactam (4-membered cyclic amide) rings is 1. The molecule has 4 heterocycles. The van der Waals surface area contributed by atoms with E-state index in [0.717, 1.165) is 28.4 Å². The number of nitrogens with one attached hydrogen (secondary N) is 2. The van der Waals surface area contributed by atoms with E-state index in [-0.39, 0.29) is 40.1 Å². The molecule has 14 nitrogen and oxygen atoms in total. The number of nitriles is 1. The molecule has 5 N–H and O–H groups in total. The first-order chi connectivity index (χ1) is 16.8. The standard InChI is InChI=1S/C18H16N8O6S3/c1-32-24-10(9-6-34-18(20)22-9)13(27)23-11-15(29)26-12(17(30)31)8(5-33-16(11)26)4-25-14(28)7(2-19)3-21-35-25/h3,6,11,16,21H,4-5H2,1H3,(H2,20,22)(H,23,27)(H,30,31)/b24-10-/t11-,16-/m1/s1. The van der Waals surface area contributed by atoms with Gasteiger partial charge in [0.05, 0.1) is 18.7 Å². The molecule has 1 aromatic heterocycles. The zero-order valence-electron chi connectivity index (χ0n) is 17.8. The summed E-state index contributed by atoms with van der Waals surface area (Å²) in [6.07, 6.45) is 1.26. The van der Waals surface area contributed by atoms with E-state index in [1.165, 1.54) is 34.8 Å². The minimum Gasteiger partial charge on any atom is -0.477 e. The predicted octanol–water partition coefficient (Wildman–Crippen LogP) is -0.783. The molecule has 17 heteroatoms. The van der Waals surface area contributed by atoms with E-state index in [2.05, 4.69) is 20.2 Å². The van der Waals surface area contributed by atoms with Crippen LogP contribution in [0.3, 0.4) is 0 Å². The van der Waals surface area contributed by atoms with Gasteiger partial charge in [-0.2, -0.15) is 5.26 Å². The van der Waals surface area contributed by atoms with Crippen LogP contribution in [-0.2, 0) is 24.0 Å². The fraction of sp³-hybridized carbons (Fsp3) is 0.278. The van der Waals surface area contributed by atoms with Gasteiger partial charge in [0.2, 0.25) is 0 Å². The summed E-state index contributed by atoms with van der Waals surface area (Å²) in [7, 11) is 1.25. The van der Waals surface area contributed by atoms with Crippen molar-refractivity contribution in [2.45, 2.75) is 11.4 Å². The van der Waals surface area contributed by atoms with E-state index >= 15 is 0 Å². The van der Waals surface area contributed by atoms with Crippen LogP contribution in [0.1, 0.15) is 5.69 Å². The van der Waals surface area contributed by atoms with Crippen LogP contribution in [0.5, 0.6) is 0 Å². The first-order valence-electron chi connectivity index (χ1n) is 9.64. The molecule has 0 aliphatic carbocycles. The van der Waals surface area contributed by atoms with Gasteiger partial charge >= 0.3 is 5.97 Å². The number of nitrogens with two attached hydrogens (primary N) is 1. The summed E-state index contributed by atoms with van der Waals surface area (Å²) in [5, 5.41) is 26.2. The van der Waals surface area contributed by atoms with Crippen molar-refractivity contribution < 1.29 is 29.1 Å². The van der Waals surface area contributed by atoms with Gasteiger partial charge in [-0.25, -0.2) is 9.78 Å². The summed E-state index contributed by atoms with van der Waals surface area (Å²) >= 11 is 3.24. The van der Waals surface area contributed by atoms with Crippen molar-refractivity contribution in [2.75, 3.05) is 25.1 Å². The maximum Gasteiger partial charge on any atom is 0.352 e. The molecule has 0 spiro atoms. The number of carboxylic acid groups (broad SMARTS) is 1. The summed E-state index contributed by atoms with van der Waals surface area (Å²) in [6, 6.07) is 0.755. The number of aliphatic carboxylic acids is 1. The minimum atomic E-state index is -1.35. The second-order valence-corrected chi connectivity index (χ2v) is 9.89. The molecule has 4 rings (SSSR count). The summed E-state index contributed by atoms with van der Waals surface area (Å²) in [5.41, 5.74) is 5.53. The molecular formula is C18H16N8O6S3. The number of hydrogen-bond donors (Lipinski definition) is 4. The number of rotatable bonds is 7. The number of hydrogen-bond acceptors (Lipinski definition) is 13. The van der Waals surface area contributed by atoms with E-state index in [1.807, 2.05) is 0 Å². The predicted molar refractivity (Wildman–Crippen MR) is 126 cm³/mol. The van der Waals surface area contributed by atoms with E-state index < -0.39 is 35.1 Å². The van der Waals surface area contributed by atoms with Crippen LogP contribution in [0.2, 0.25) is 0 Å². The number of amides is 3. The van der Waals surface area contributed by atoms with Gasteiger partial charge in [0.1, 0.15) is 41.6 Å². The molecule has 1 aromatic rings. The zero-order valence-corrected chi connectivity index (χ0v) is 20.2. The summed E-state index contributed by atoms with van der Waals surface area (Å²) < 4.78 is 3.91. The van der Waals surface area contributed by atoms with Gasteiger partial charge < -0.3 is 25.7 Å². The van der Waals surface area contributed by atoms with Crippen LogP contribution in [0.15, 0.2) is 33.6 Å². The first kappa shape index (κ1) is 24.4. The maximum atomic E-state index is 12.9. The van der Waals surface area contributed by atoms with Crippen molar-refractivity contribution in [3.8, 4) is 6.07 Å². The monoisotopic (exact) mass is 536 g/mol. The number of thioether (sulfide) groups is 1. The molecule has 0 unspecified atom stereocenters. The Labute approximate surface area is 210 Å². The molecule has 1 fully saturated rings. The number of nitrogen functional groups attached to an aromatic ring is 1. The molecule has 0 bridgehead atoms. The van der Waals surface area contributed by atoms with Crippen LogP contribution in [0.25, 0.3) is 0 Å². The lowest BCUT2D eigenvalue weighted by Crippen LogP contribution is -2.71. The third-order valence-corrected chi connectivity index (χ3v) is 7.73. The Hall–Kier alpha value is -3.75. The van der Waals surface area contributed by atoms with Crippen molar-refractivity contribution in [1.82, 2.24) is 24.2 Å². The van der Waals surface area contributed by atoms with Crippen LogP contribution < -0.4 is 15.8 Å². The molecule has 0 radical (unpaired) electrons. The Morgan fingerprint density at radius 2 is 2.26 bits per heavy atom.